The number of hydrogen-bond donors (Lipinski definition) is 0. The number of unbranched alkanes of at least 4 members (excludes halogenated alkanes) is 1. The molecule has 0 aliphatic rings. The van der Waals surface area contributed by atoms with Crippen LogP contribution in [0.25, 0.3) is 5.69 Å². The van der Waals surface area contributed by atoms with Gasteiger partial charge >= 0.3 is 0 Å². The van der Waals surface area contributed by atoms with Crippen molar-refractivity contribution in [2.24, 2.45) is 0 Å². The van der Waals surface area contributed by atoms with Crippen molar-refractivity contribution in [3.63, 3.8) is 0 Å². The van der Waals surface area contributed by atoms with Gasteiger partial charge in [-0.05, 0) is 54.5 Å². The molecule has 2 aromatic carbocycles. The number of hydrogen-bond acceptors (Lipinski definition) is 4. The molecular weight excluding hydrogens is 326 g/mol. The first-order chi connectivity index (χ1) is 12.6. The number of tetrazole rings is 1. The second-order valence-corrected chi connectivity index (χ2v) is 6.34. The van der Waals surface area contributed by atoms with Crippen LogP contribution in [-0.2, 0) is 11.2 Å². The van der Waals surface area contributed by atoms with E-state index in [1.807, 2.05) is 68.6 Å². The van der Waals surface area contributed by atoms with Crippen LogP contribution in [-0.4, -0.2) is 33.2 Å². The third-order valence-electron chi connectivity index (χ3n) is 4.37. The van der Waals surface area contributed by atoms with Crippen LogP contribution < -0.4 is 4.90 Å². The predicted octanol–water partition coefficient (Wildman–Crippen LogP) is 3.35. The van der Waals surface area contributed by atoms with Crippen LogP contribution >= 0.6 is 0 Å². The van der Waals surface area contributed by atoms with Gasteiger partial charge in [0.15, 0.2) is 5.82 Å². The van der Waals surface area contributed by atoms with Gasteiger partial charge in [-0.3, -0.25) is 4.79 Å². The molecule has 6 heteroatoms. The van der Waals surface area contributed by atoms with E-state index in [1.165, 1.54) is 5.56 Å². The van der Waals surface area contributed by atoms with Crippen molar-refractivity contribution in [1.82, 2.24) is 20.2 Å². The summed E-state index contributed by atoms with van der Waals surface area (Å²) in [5, 5.41) is 12.0. The molecule has 1 amide bonds. The van der Waals surface area contributed by atoms with Gasteiger partial charge in [0.2, 0.25) is 5.91 Å². The molecule has 134 valence electrons. The first-order valence-electron chi connectivity index (χ1n) is 8.81. The van der Waals surface area contributed by atoms with Gasteiger partial charge < -0.3 is 4.90 Å². The Bertz CT molecular complexity index is 842. The summed E-state index contributed by atoms with van der Waals surface area (Å²) in [7, 11) is 1.82. The molecule has 0 unspecified atom stereocenters. The molecule has 0 saturated carbocycles. The average Bonchev–Trinajstić information content (AvgIpc) is 3.14. The van der Waals surface area contributed by atoms with E-state index in [-0.39, 0.29) is 5.91 Å². The Morgan fingerprint density at radius 2 is 1.77 bits per heavy atom. The van der Waals surface area contributed by atoms with Crippen LogP contribution in [0.1, 0.15) is 30.7 Å². The van der Waals surface area contributed by atoms with Crippen molar-refractivity contribution in [1.29, 1.82) is 0 Å². The minimum atomic E-state index is 0.120. The fraction of sp³-hybridized carbons (Fsp3) is 0.300. The molecule has 6 nitrogen and oxygen atoms in total. The van der Waals surface area contributed by atoms with Crippen LogP contribution in [0.3, 0.4) is 0 Å². The Balaban J connectivity index is 1.51. The number of rotatable bonds is 7. The molecule has 0 aliphatic heterocycles. The first kappa shape index (κ1) is 17.8. The molecule has 3 aromatic rings. The summed E-state index contributed by atoms with van der Waals surface area (Å²) in [5.74, 6) is 0.937. The van der Waals surface area contributed by atoms with Gasteiger partial charge in [0.05, 0.1) is 5.69 Å². The number of benzene rings is 2. The van der Waals surface area contributed by atoms with Gasteiger partial charge in [0, 0.05) is 25.6 Å². The zero-order valence-corrected chi connectivity index (χ0v) is 15.2. The van der Waals surface area contributed by atoms with Gasteiger partial charge in [-0.15, -0.1) is 5.10 Å². The lowest BCUT2D eigenvalue weighted by Gasteiger charge is -2.17. The summed E-state index contributed by atoms with van der Waals surface area (Å²) in [5.41, 5.74) is 3.07. The maximum Gasteiger partial charge on any atom is 0.226 e. The molecule has 1 heterocycles. The Morgan fingerprint density at radius 3 is 2.50 bits per heavy atom. The van der Waals surface area contributed by atoms with Crippen LogP contribution in [0.5, 0.6) is 0 Å². The highest BCUT2D eigenvalue weighted by Crippen LogP contribution is 2.15. The fourth-order valence-corrected chi connectivity index (χ4v) is 2.77. The van der Waals surface area contributed by atoms with Gasteiger partial charge in [0.1, 0.15) is 0 Å². The van der Waals surface area contributed by atoms with Crippen molar-refractivity contribution in [2.75, 3.05) is 11.9 Å². The van der Waals surface area contributed by atoms with Crippen LogP contribution in [0.15, 0.2) is 54.6 Å². The molecule has 0 bridgehead atoms. The monoisotopic (exact) mass is 349 g/mol. The minimum absolute atomic E-state index is 0.120. The number of anilines is 1. The van der Waals surface area contributed by atoms with Crippen molar-refractivity contribution >= 4 is 11.6 Å². The van der Waals surface area contributed by atoms with Crippen LogP contribution in [0, 0.1) is 6.92 Å². The lowest BCUT2D eigenvalue weighted by molar-refractivity contribution is -0.118. The highest BCUT2D eigenvalue weighted by molar-refractivity contribution is 5.92. The molecule has 3 rings (SSSR count). The molecule has 0 saturated heterocycles. The average molecular weight is 349 g/mol. The number of aryl methyl sites for hydroxylation is 2. The van der Waals surface area contributed by atoms with Crippen molar-refractivity contribution < 1.29 is 4.79 Å². The smallest absolute Gasteiger partial charge is 0.226 e. The maximum atomic E-state index is 12.3. The van der Waals surface area contributed by atoms with E-state index in [9.17, 15) is 4.79 Å². The van der Waals surface area contributed by atoms with E-state index in [0.29, 0.717) is 6.42 Å². The molecule has 0 spiro atoms. The number of aromatic nitrogens is 4. The summed E-state index contributed by atoms with van der Waals surface area (Å²) in [6.07, 6.45) is 2.91. The molecule has 26 heavy (non-hydrogen) atoms. The zero-order chi connectivity index (χ0) is 18.4. The van der Waals surface area contributed by atoms with E-state index >= 15 is 0 Å². The van der Waals surface area contributed by atoms with E-state index in [2.05, 4.69) is 15.5 Å². The van der Waals surface area contributed by atoms with Crippen molar-refractivity contribution in [3.05, 3.63) is 66.0 Å². The normalized spacial score (nSPS) is 10.7. The molecular formula is C20H23N5O. The second kappa shape index (κ2) is 8.38. The molecule has 0 atom stereocenters. The summed E-state index contributed by atoms with van der Waals surface area (Å²) >= 11 is 0. The Labute approximate surface area is 153 Å². The molecule has 0 N–H and O–H groups in total. The molecule has 0 fully saturated rings. The van der Waals surface area contributed by atoms with E-state index in [0.717, 1.165) is 36.5 Å². The van der Waals surface area contributed by atoms with Gasteiger partial charge in [0.25, 0.3) is 0 Å². The summed E-state index contributed by atoms with van der Waals surface area (Å²) in [4.78, 5) is 14.0. The third kappa shape index (κ3) is 4.33. The molecule has 0 radical (unpaired) electrons. The summed E-state index contributed by atoms with van der Waals surface area (Å²) in [6, 6.07) is 17.8. The predicted molar refractivity (Wildman–Crippen MR) is 101 cm³/mol. The second-order valence-electron chi connectivity index (χ2n) is 6.34. The van der Waals surface area contributed by atoms with Gasteiger partial charge in [-0.1, -0.05) is 35.9 Å². The maximum absolute atomic E-state index is 12.3. The number of amides is 1. The van der Waals surface area contributed by atoms with Crippen molar-refractivity contribution in [3.8, 4) is 5.69 Å². The zero-order valence-electron chi connectivity index (χ0n) is 15.2. The molecule has 1 aromatic heterocycles. The number of para-hydroxylation sites is 1. The Hall–Kier alpha value is -3.02. The number of carbonyl (C=O) groups excluding carboxylic acids is 1. The highest BCUT2D eigenvalue weighted by atomic mass is 16.2. The first-order valence-corrected chi connectivity index (χ1v) is 8.81. The lowest BCUT2D eigenvalue weighted by Crippen LogP contribution is -2.25. The molecule has 0 aliphatic carbocycles. The minimum Gasteiger partial charge on any atom is -0.316 e. The van der Waals surface area contributed by atoms with E-state index < -0.39 is 0 Å². The SMILES string of the molecule is Cc1ccc(-n2nnnc2CCCCC(=O)N(C)c2ccccc2)cc1. The van der Waals surface area contributed by atoms with E-state index in [4.69, 9.17) is 0 Å². The van der Waals surface area contributed by atoms with Gasteiger partial charge in [-0.2, -0.15) is 4.68 Å². The largest absolute Gasteiger partial charge is 0.316 e. The Morgan fingerprint density at radius 1 is 1.04 bits per heavy atom. The standard InChI is InChI=1S/C20H23N5O/c1-16-12-14-18(15-13-16)25-19(21-22-23-25)10-6-7-11-20(26)24(2)17-8-4-3-5-9-17/h3-5,8-9,12-15H,6-7,10-11H2,1-2H3. The number of carbonyl (C=O) groups is 1. The van der Waals surface area contributed by atoms with Crippen LogP contribution in [0.4, 0.5) is 5.69 Å². The fourth-order valence-electron chi connectivity index (χ4n) is 2.77. The van der Waals surface area contributed by atoms with Crippen molar-refractivity contribution in [2.45, 2.75) is 32.6 Å². The van der Waals surface area contributed by atoms with Crippen LogP contribution in [0.2, 0.25) is 0 Å². The quantitative estimate of drug-likeness (QED) is 0.614. The summed E-state index contributed by atoms with van der Waals surface area (Å²) in [6.45, 7) is 2.05. The van der Waals surface area contributed by atoms with E-state index in [1.54, 1.807) is 9.58 Å². The number of nitrogens with zero attached hydrogens (tertiary/aromatic N) is 5. The lowest BCUT2D eigenvalue weighted by atomic mass is 10.1. The highest BCUT2D eigenvalue weighted by Gasteiger charge is 2.12. The topological polar surface area (TPSA) is 63.9 Å². The summed E-state index contributed by atoms with van der Waals surface area (Å²) < 4.78 is 1.76. The third-order valence-corrected chi connectivity index (χ3v) is 4.37. The Kier molecular flexibility index (Phi) is 5.73. The van der Waals surface area contributed by atoms with Gasteiger partial charge in [-0.25, -0.2) is 0 Å².